The fourth-order valence-electron chi connectivity index (χ4n) is 2.46. The highest BCUT2D eigenvalue weighted by molar-refractivity contribution is 7.98. The summed E-state index contributed by atoms with van der Waals surface area (Å²) in [5, 5.41) is 25.2. The Morgan fingerprint density at radius 2 is 1.70 bits per heavy atom. The molecule has 1 rings (SSSR count). The number of aromatic hydroxyl groups is 1. The van der Waals surface area contributed by atoms with Gasteiger partial charge >= 0.3 is 5.97 Å². The fraction of sp³-hybridized carbons (Fsp3) is 0.474. The monoisotopic (exact) mass is 440 g/mol. The minimum atomic E-state index is -1.20. The van der Waals surface area contributed by atoms with E-state index in [0.29, 0.717) is 12.2 Å². The number of carbonyl (C=O) groups excluding carboxylic acids is 3. The zero-order chi connectivity index (χ0) is 22.7. The molecule has 0 saturated carbocycles. The van der Waals surface area contributed by atoms with Crippen LogP contribution in [-0.2, 0) is 25.6 Å². The molecule has 0 bridgehead atoms. The average molecular weight is 441 g/mol. The average Bonchev–Trinajstić information content (AvgIpc) is 2.70. The number of nitrogens with two attached hydrogens (primary N) is 1. The highest BCUT2D eigenvalue weighted by atomic mass is 32.2. The van der Waals surface area contributed by atoms with E-state index in [0.717, 1.165) is 5.56 Å². The quantitative estimate of drug-likeness (QED) is 0.245. The Hall–Kier alpha value is -2.79. The molecule has 1 aromatic carbocycles. The van der Waals surface area contributed by atoms with Gasteiger partial charge in [0.1, 0.15) is 24.4 Å². The first-order valence-corrected chi connectivity index (χ1v) is 10.7. The van der Waals surface area contributed by atoms with Gasteiger partial charge in [-0.1, -0.05) is 12.1 Å². The molecule has 0 heterocycles. The molecular formula is C19H28N4O6S. The Morgan fingerprint density at radius 1 is 1.07 bits per heavy atom. The summed E-state index contributed by atoms with van der Waals surface area (Å²) in [4.78, 5) is 47.4. The second-order valence-electron chi connectivity index (χ2n) is 6.66. The molecule has 3 amide bonds. The second-order valence-corrected chi connectivity index (χ2v) is 7.65. The molecule has 0 spiro atoms. The van der Waals surface area contributed by atoms with Crippen LogP contribution < -0.4 is 21.7 Å². The van der Waals surface area contributed by atoms with E-state index < -0.39 is 48.4 Å². The lowest BCUT2D eigenvalue weighted by molar-refractivity contribution is -0.138. The molecule has 1 aromatic rings. The van der Waals surface area contributed by atoms with Crippen LogP contribution in [0.1, 0.15) is 18.9 Å². The van der Waals surface area contributed by atoms with E-state index in [1.807, 2.05) is 6.26 Å². The van der Waals surface area contributed by atoms with Gasteiger partial charge in [-0.3, -0.25) is 19.2 Å². The van der Waals surface area contributed by atoms with Crippen molar-refractivity contribution in [1.82, 2.24) is 16.0 Å². The van der Waals surface area contributed by atoms with Crippen molar-refractivity contribution in [2.24, 2.45) is 5.73 Å². The first-order valence-electron chi connectivity index (χ1n) is 9.26. The normalized spacial score (nSPS) is 13.6. The van der Waals surface area contributed by atoms with E-state index in [9.17, 15) is 24.3 Å². The number of hydrogen-bond donors (Lipinski definition) is 6. The maximum absolute atomic E-state index is 12.6. The number of hydrogen-bond acceptors (Lipinski definition) is 7. The van der Waals surface area contributed by atoms with Crippen LogP contribution in [0.4, 0.5) is 0 Å². The first-order chi connectivity index (χ1) is 14.1. The molecule has 7 N–H and O–H groups in total. The van der Waals surface area contributed by atoms with Gasteiger partial charge in [-0.15, -0.1) is 0 Å². The van der Waals surface area contributed by atoms with Crippen molar-refractivity contribution in [3.05, 3.63) is 29.8 Å². The molecule has 3 atom stereocenters. The Balaban J connectivity index is 2.68. The van der Waals surface area contributed by atoms with E-state index in [1.54, 1.807) is 12.1 Å². The number of carbonyl (C=O) groups is 4. The Morgan fingerprint density at radius 3 is 2.27 bits per heavy atom. The first kappa shape index (κ1) is 25.2. The minimum Gasteiger partial charge on any atom is -0.508 e. The molecule has 0 aromatic heterocycles. The number of rotatable bonds is 12. The summed E-state index contributed by atoms with van der Waals surface area (Å²) >= 11 is 1.49. The predicted octanol–water partition coefficient (Wildman–Crippen LogP) is -0.795. The Labute approximate surface area is 179 Å². The zero-order valence-electron chi connectivity index (χ0n) is 16.9. The topological polar surface area (TPSA) is 171 Å². The van der Waals surface area contributed by atoms with Crippen LogP contribution in [0.15, 0.2) is 24.3 Å². The zero-order valence-corrected chi connectivity index (χ0v) is 17.7. The van der Waals surface area contributed by atoms with Crippen molar-refractivity contribution in [1.29, 1.82) is 0 Å². The predicted molar refractivity (Wildman–Crippen MR) is 113 cm³/mol. The van der Waals surface area contributed by atoms with Crippen molar-refractivity contribution >= 4 is 35.5 Å². The van der Waals surface area contributed by atoms with E-state index in [1.165, 1.54) is 30.8 Å². The van der Waals surface area contributed by atoms with Crippen LogP contribution in [-0.4, -0.2) is 70.6 Å². The van der Waals surface area contributed by atoms with Crippen molar-refractivity contribution in [3.63, 3.8) is 0 Å². The standard InChI is InChI=1S/C19H28N4O6S/c1-11(17(27)21-10-16(25)26)22-19(29)15(7-8-30-2)23-18(28)14(20)9-12-3-5-13(24)6-4-12/h3-6,11,14-15,24H,7-10,20H2,1-2H3,(H,21,27)(H,22,29)(H,23,28)(H,25,26). The van der Waals surface area contributed by atoms with Crippen LogP contribution in [0.25, 0.3) is 0 Å². The van der Waals surface area contributed by atoms with Crippen LogP contribution in [0, 0.1) is 0 Å². The highest BCUT2D eigenvalue weighted by Gasteiger charge is 2.26. The van der Waals surface area contributed by atoms with Crippen LogP contribution in [0.3, 0.4) is 0 Å². The van der Waals surface area contributed by atoms with Gasteiger partial charge in [0, 0.05) is 0 Å². The van der Waals surface area contributed by atoms with Gasteiger partial charge in [0.15, 0.2) is 0 Å². The number of carboxylic acids is 1. The maximum Gasteiger partial charge on any atom is 0.322 e. The molecule has 0 radical (unpaired) electrons. The van der Waals surface area contributed by atoms with E-state index in [2.05, 4.69) is 16.0 Å². The van der Waals surface area contributed by atoms with Gasteiger partial charge in [-0.05, 0) is 49.5 Å². The van der Waals surface area contributed by atoms with Gasteiger partial charge in [0.25, 0.3) is 0 Å². The largest absolute Gasteiger partial charge is 0.508 e. The van der Waals surface area contributed by atoms with E-state index in [4.69, 9.17) is 10.8 Å². The summed E-state index contributed by atoms with van der Waals surface area (Å²) in [5.74, 6) is -2.24. The molecule has 166 valence electrons. The second kappa shape index (κ2) is 12.7. The van der Waals surface area contributed by atoms with Gasteiger partial charge in [0.05, 0.1) is 6.04 Å². The van der Waals surface area contributed by atoms with Crippen LogP contribution in [0.5, 0.6) is 5.75 Å². The van der Waals surface area contributed by atoms with Crippen molar-refractivity contribution in [2.45, 2.75) is 37.9 Å². The molecule has 30 heavy (non-hydrogen) atoms. The Kier molecular flexibility index (Phi) is 10.7. The summed E-state index contributed by atoms with van der Waals surface area (Å²) in [5.41, 5.74) is 6.70. The summed E-state index contributed by atoms with van der Waals surface area (Å²) < 4.78 is 0. The van der Waals surface area contributed by atoms with Gasteiger partial charge in [-0.2, -0.15) is 11.8 Å². The van der Waals surface area contributed by atoms with Crippen molar-refractivity contribution < 1.29 is 29.4 Å². The number of carboxylic acid groups (broad SMARTS) is 1. The molecule has 0 fully saturated rings. The van der Waals surface area contributed by atoms with Crippen LogP contribution in [0.2, 0.25) is 0 Å². The summed E-state index contributed by atoms with van der Waals surface area (Å²) in [6, 6.07) is 3.50. The third-order valence-corrected chi connectivity index (χ3v) is 4.78. The number of thioether (sulfide) groups is 1. The Bertz CT molecular complexity index is 743. The third kappa shape index (κ3) is 9.14. The van der Waals surface area contributed by atoms with E-state index >= 15 is 0 Å². The SMILES string of the molecule is CSCCC(NC(=O)C(N)Cc1ccc(O)cc1)C(=O)NC(C)C(=O)NCC(=O)O. The van der Waals surface area contributed by atoms with E-state index in [-0.39, 0.29) is 12.2 Å². The highest BCUT2D eigenvalue weighted by Crippen LogP contribution is 2.11. The lowest BCUT2D eigenvalue weighted by Crippen LogP contribution is -2.55. The minimum absolute atomic E-state index is 0.104. The number of benzene rings is 1. The van der Waals surface area contributed by atoms with Gasteiger partial charge in [0.2, 0.25) is 17.7 Å². The van der Waals surface area contributed by atoms with Gasteiger partial charge < -0.3 is 31.9 Å². The van der Waals surface area contributed by atoms with Gasteiger partial charge in [-0.25, -0.2) is 0 Å². The molecule has 0 aliphatic carbocycles. The molecule has 11 heteroatoms. The number of amides is 3. The number of phenols is 1. The summed E-state index contributed by atoms with van der Waals surface area (Å²) in [6.07, 6.45) is 2.40. The molecule has 10 nitrogen and oxygen atoms in total. The third-order valence-electron chi connectivity index (χ3n) is 4.14. The maximum atomic E-state index is 12.6. The molecular weight excluding hydrogens is 412 g/mol. The fourth-order valence-corrected chi connectivity index (χ4v) is 2.93. The molecule has 0 saturated heterocycles. The molecule has 3 unspecified atom stereocenters. The lowest BCUT2D eigenvalue weighted by Gasteiger charge is -2.22. The van der Waals surface area contributed by atoms with Crippen molar-refractivity contribution in [2.75, 3.05) is 18.6 Å². The number of nitrogens with one attached hydrogen (secondary N) is 3. The smallest absolute Gasteiger partial charge is 0.322 e. The van der Waals surface area contributed by atoms with Crippen LogP contribution >= 0.6 is 11.8 Å². The number of aliphatic carboxylic acids is 1. The molecule has 0 aliphatic heterocycles. The number of phenolic OH excluding ortho intramolecular Hbond substituents is 1. The van der Waals surface area contributed by atoms with Crippen molar-refractivity contribution in [3.8, 4) is 5.75 Å². The summed E-state index contributed by atoms with van der Waals surface area (Å²) in [7, 11) is 0. The molecule has 0 aliphatic rings. The summed E-state index contributed by atoms with van der Waals surface area (Å²) in [6.45, 7) is 0.858. The lowest BCUT2D eigenvalue weighted by atomic mass is 10.0.